The molecule has 1 aromatic carbocycles. The number of amides is 2. The molecule has 3 atom stereocenters. The van der Waals surface area contributed by atoms with Gasteiger partial charge >= 0.3 is 0 Å². The molecule has 2 heterocycles. The molecule has 2 N–H and O–H groups in total. The number of likely N-dealkylation sites (tertiary alicyclic amines) is 2. The van der Waals surface area contributed by atoms with Gasteiger partial charge in [-0.3, -0.25) is 14.8 Å². The van der Waals surface area contributed by atoms with Crippen LogP contribution < -0.4 is 5.48 Å². The van der Waals surface area contributed by atoms with E-state index in [-0.39, 0.29) is 12.5 Å². The van der Waals surface area contributed by atoms with E-state index in [1.165, 1.54) is 5.56 Å². The van der Waals surface area contributed by atoms with Crippen LogP contribution in [-0.2, 0) is 9.59 Å². The fraction of sp³-hybridized carbons (Fsp3) is 0.524. The van der Waals surface area contributed by atoms with Crippen molar-refractivity contribution in [1.82, 2.24) is 20.2 Å². The number of piperidine rings is 1. The van der Waals surface area contributed by atoms with E-state index < -0.39 is 17.7 Å². The van der Waals surface area contributed by atoms with Crippen molar-refractivity contribution in [3.05, 3.63) is 35.9 Å². The van der Waals surface area contributed by atoms with Gasteiger partial charge in [-0.25, -0.2) is 5.48 Å². The number of rotatable bonds is 3. The van der Waals surface area contributed by atoms with Gasteiger partial charge in [0.05, 0.1) is 11.8 Å². The molecule has 2 aliphatic rings. The van der Waals surface area contributed by atoms with Crippen LogP contribution in [0, 0.1) is 23.3 Å². The summed E-state index contributed by atoms with van der Waals surface area (Å²) in [6.45, 7) is 2.00. The Kier molecular flexibility index (Phi) is 6.90. The number of hydrogen-bond acceptors (Lipinski definition) is 5. The molecule has 3 rings (SSSR count). The Morgan fingerprint density at radius 3 is 2.47 bits per heavy atom. The molecule has 0 spiro atoms. The standard InChI is InChI=1S/C21H28N6O3/c1-25(2)21(23-14-22)27-11-9-17(18(13-27)19(28)24-30)20(29)26-10-8-16(12-26)15-6-4-3-5-7-15/h3-7,16-18,30H,8-13H2,1-2H3,(H,24,28)/t16-,17?,18?/m0/s1. The van der Waals surface area contributed by atoms with Crippen molar-refractivity contribution < 1.29 is 14.8 Å². The number of hydroxylamine groups is 1. The van der Waals surface area contributed by atoms with Gasteiger partial charge in [0, 0.05) is 46.2 Å². The predicted octanol–water partition coefficient (Wildman–Crippen LogP) is 0.845. The second kappa shape index (κ2) is 9.59. The number of guanidine groups is 1. The summed E-state index contributed by atoms with van der Waals surface area (Å²) in [6.07, 6.45) is 3.12. The maximum Gasteiger partial charge on any atom is 0.249 e. The van der Waals surface area contributed by atoms with E-state index in [4.69, 9.17) is 5.26 Å². The number of nitrogens with one attached hydrogen (secondary N) is 1. The molecule has 2 amide bonds. The summed E-state index contributed by atoms with van der Waals surface area (Å²) in [5, 5.41) is 18.2. The van der Waals surface area contributed by atoms with Gasteiger partial charge in [0.15, 0.2) is 0 Å². The first-order chi connectivity index (χ1) is 14.5. The maximum atomic E-state index is 13.3. The Labute approximate surface area is 176 Å². The fourth-order valence-corrected chi connectivity index (χ4v) is 4.47. The van der Waals surface area contributed by atoms with Crippen molar-refractivity contribution in [1.29, 1.82) is 5.26 Å². The molecule has 2 saturated heterocycles. The SMILES string of the molecule is CN(C)C(=NC#N)N1CCC(C(=O)N2CC[C@H](c3ccccc3)C2)C(C(=O)NO)C1. The molecular weight excluding hydrogens is 384 g/mol. The number of benzene rings is 1. The summed E-state index contributed by atoms with van der Waals surface area (Å²) in [5.74, 6) is -1.16. The van der Waals surface area contributed by atoms with Crippen molar-refractivity contribution in [3.63, 3.8) is 0 Å². The Morgan fingerprint density at radius 1 is 1.13 bits per heavy atom. The van der Waals surface area contributed by atoms with Gasteiger partial charge < -0.3 is 14.7 Å². The molecule has 0 bridgehead atoms. The van der Waals surface area contributed by atoms with Crippen molar-refractivity contribution >= 4 is 17.8 Å². The normalized spacial score (nSPS) is 24.3. The Morgan fingerprint density at radius 2 is 1.83 bits per heavy atom. The highest BCUT2D eigenvalue weighted by atomic mass is 16.5. The molecule has 0 aromatic heterocycles. The monoisotopic (exact) mass is 412 g/mol. The number of carbonyl (C=O) groups is 2. The molecule has 1 aromatic rings. The van der Waals surface area contributed by atoms with Crippen molar-refractivity contribution in [2.24, 2.45) is 16.8 Å². The van der Waals surface area contributed by atoms with Crippen LogP contribution in [0.2, 0.25) is 0 Å². The molecule has 0 aliphatic carbocycles. The van der Waals surface area contributed by atoms with Gasteiger partial charge in [0.25, 0.3) is 0 Å². The van der Waals surface area contributed by atoms with Crippen LogP contribution in [0.1, 0.15) is 24.3 Å². The first kappa shape index (κ1) is 21.6. The molecule has 2 unspecified atom stereocenters. The average molecular weight is 412 g/mol. The second-order valence-corrected chi connectivity index (χ2v) is 8.01. The van der Waals surface area contributed by atoms with Crippen LogP contribution >= 0.6 is 0 Å². The molecule has 0 radical (unpaired) electrons. The molecule has 9 heteroatoms. The highest BCUT2D eigenvalue weighted by Gasteiger charge is 2.42. The predicted molar refractivity (Wildman–Crippen MR) is 110 cm³/mol. The topological polar surface area (TPSA) is 112 Å². The zero-order valence-corrected chi connectivity index (χ0v) is 17.4. The smallest absolute Gasteiger partial charge is 0.249 e. The lowest BCUT2D eigenvalue weighted by Crippen LogP contribution is -2.55. The summed E-state index contributed by atoms with van der Waals surface area (Å²) in [4.78, 5) is 34.9. The Hall–Kier alpha value is -3.12. The minimum Gasteiger partial charge on any atom is -0.348 e. The zero-order chi connectivity index (χ0) is 21.7. The van der Waals surface area contributed by atoms with Gasteiger partial charge in [-0.15, -0.1) is 4.99 Å². The van der Waals surface area contributed by atoms with E-state index in [0.29, 0.717) is 37.9 Å². The molecule has 2 aliphatic heterocycles. The average Bonchev–Trinajstić information content (AvgIpc) is 3.27. The highest BCUT2D eigenvalue weighted by Crippen LogP contribution is 2.32. The van der Waals surface area contributed by atoms with E-state index in [2.05, 4.69) is 17.1 Å². The van der Waals surface area contributed by atoms with Gasteiger partial charge in [-0.05, 0) is 18.4 Å². The van der Waals surface area contributed by atoms with E-state index in [9.17, 15) is 14.8 Å². The lowest BCUT2D eigenvalue weighted by molar-refractivity contribution is -0.147. The number of hydrogen-bond donors (Lipinski definition) is 2. The Balaban J connectivity index is 1.73. The molecule has 160 valence electrons. The lowest BCUT2D eigenvalue weighted by Gasteiger charge is -2.40. The zero-order valence-electron chi connectivity index (χ0n) is 17.4. The number of aliphatic imine (C=N–C) groups is 1. The summed E-state index contributed by atoms with van der Waals surface area (Å²) in [6, 6.07) is 10.1. The third-order valence-corrected chi connectivity index (χ3v) is 5.98. The Bertz CT molecular complexity index is 835. The fourth-order valence-electron chi connectivity index (χ4n) is 4.47. The van der Waals surface area contributed by atoms with Gasteiger partial charge in [0.1, 0.15) is 0 Å². The molecule has 30 heavy (non-hydrogen) atoms. The largest absolute Gasteiger partial charge is 0.348 e. The molecule has 0 saturated carbocycles. The lowest BCUT2D eigenvalue weighted by atomic mass is 9.83. The number of nitriles is 1. The van der Waals surface area contributed by atoms with Crippen molar-refractivity contribution in [3.8, 4) is 6.19 Å². The van der Waals surface area contributed by atoms with Crippen LogP contribution in [0.15, 0.2) is 35.3 Å². The van der Waals surface area contributed by atoms with E-state index in [0.717, 1.165) is 6.42 Å². The minimum absolute atomic E-state index is 0.0506. The summed E-state index contributed by atoms with van der Waals surface area (Å²) < 4.78 is 0. The number of carbonyl (C=O) groups excluding carboxylic acids is 2. The minimum atomic E-state index is -0.726. The first-order valence-electron chi connectivity index (χ1n) is 10.1. The van der Waals surface area contributed by atoms with Gasteiger partial charge in [-0.2, -0.15) is 5.26 Å². The van der Waals surface area contributed by atoms with E-state index in [1.54, 1.807) is 30.7 Å². The van der Waals surface area contributed by atoms with Crippen molar-refractivity contribution in [2.45, 2.75) is 18.8 Å². The summed E-state index contributed by atoms with van der Waals surface area (Å²) in [7, 11) is 3.53. The third kappa shape index (κ3) is 4.54. The van der Waals surface area contributed by atoms with E-state index in [1.807, 2.05) is 28.0 Å². The van der Waals surface area contributed by atoms with Crippen LogP contribution in [0.5, 0.6) is 0 Å². The van der Waals surface area contributed by atoms with Gasteiger partial charge in [-0.1, -0.05) is 30.3 Å². The van der Waals surface area contributed by atoms with Crippen LogP contribution in [-0.4, -0.2) is 78.0 Å². The molecule has 9 nitrogen and oxygen atoms in total. The second-order valence-electron chi connectivity index (χ2n) is 8.01. The van der Waals surface area contributed by atoms with Crippen LogP contribution in [0.25, 0.3) is 0 Å². The highest BCUT2D eigenvalue weighted by molar-refractivity contribution is 5.89. The molecular formula is C21H28N6O3. The summed E-state index contributed by atoms with van der Waals surface area (Å²) >= 11 is 0. The van der Waals surface area contributed by atoms with E-state index >= 15 is 0 Å². The maximum absolute atomic E-state index is 13.3. The summed E-state index contributed by atoms with van der Waals surface area (Å²) in [5.41, 5.74) is 2.93. The quantitative estimate of drug-likeness (QED) is 0.250. The third-order valence-electron chi connectivity index (χ3n) is 5.98. The first-order valence-corrected chi connectivity index (χ1v) is 10.1. The number of nitrogens with zero attached hydrogens (tertiary/aromatic N) is 5. The van der Waals surface area contributed by atoms with Gasteiger partial charge in [0.2, 0.25) is 24.0 Å². The van der Waals surface area contributed by atoms with Crippen molar-refractivity contribution in [2.75, 3.05) is 40.3 Å². The molecule has 2 fully saturated rings. The van der Waals surface area contributed by atoms with Crippen LogP contribution in [0.3, 0.4) is 0 Å². The van der Waals surface area contributed by atoms with Crippen LogP contribution in [0.4, 0.5) is 0 Å².